The van der Waals surface area contributed by atoms with Gasteiger partial charge in [0, 0.05) is 0 Å². The molecule has 0 unspecified atom stereocenters. The Labute approximate surface area is 64.8 Å². The number of nitrogens with zero attached hydrogens (tertiary/aromatic N) is 1. The summed E-state index contributed by atoms with van der Waals surface area (Å²) in [5.41, 5.74) is 0. The summed E-state index contributed by atoms with van der Waals surface area (Å²) in [6.45, 7) is 0.328. The average Bonchev–Trinajstić information content (AvgIpc) is 2.34. The second-order valence-corrected chi connectivity index (χ2v) is 2.25. The van der Waals surface area contributed by atoms with Crippen LogP contribution < -0.4 is 0 Å². The van der Waals surface area contributed by atoms with Gasteiger partial charge in [-0.05, 0) is 0 Å². The van der Waals surface area contributed by atoms with E-state index in [0.29, 0.717) is 0 Å². The molecule has 1 fully saturated rings. The van der Waals surface area contributed by atoms with Gasteiger partial charge in [0.15, 0.2) is 0 Å². The zero-order valence-corrected chi connectivity index (χ0v) is 5.99. The second kappa shape index (κ2) is 3.26. The molecule has 4 nitrogen and oxygen atoms in total. The van der Waals surface area contributed by atoms with Gasteiger partial charge in [-0.1, -0.05) is 5.92 Å². The Morgan fingerprint density at radius 1 is 1.91 bits per heavy atom. The van der Waals surface area contributed by atoms with Crippen molar-refractivity contribution < 1.29 is 14.6 Å². The Morgan fingerprint density at radius 3 is 3.18 bits per heavy atom. The molecule has 1 N–H and O–H groups in total. The number of rotatable bonds is 2. The van der Waals surface area contributed by atoms with Crippen LogP contribution in [0.1, 0.15) is 0 Å². The van der Waals surface area contributed by atoms with Crippen LogP contribution in [0.4, 0.5) is 4.79 Å². The van der Waals surface area contributed by atoms with Crippen LogP contribution in [0.25, 0.3) is 0 Å². The molecule has 0 aromatic rings. The van der Waals surface area contributed by atoms with Crippen molar-refractivity contribution in [2.24, 2.45) is 0 Å². The largest absolute Gasteiger partial charge is 0.447 e. The monoisotopic (exact) mass is 155 g/mol. The Morgan fingerprint density at radius 2 is 2.64 bits per heavy atom. The van der Waals surface area contributed by atoms with Crippen LogP contribution in [0, 0.1) is 12.3 Å². The van der Waals surface area contributed by atoms with E-state index in [-0.39, 0.29) is 25.8 Å². The lowest BCUT2D eigenvalue weighted by molar-refractivity contribution is 0.159. The first-order valence-corrected chi connectivity index (χ1v) is 3.27. The van der Waals surface area contributed by atoms with Crippen LogP contribution in [0.15, 0.2) is 0 Å². The maximum Gasteiger partial charge on any atom is 0.411 e. The van der Waals surface area contributed by atoms with Crippen LogP contribution >= 0.6 is 0 Å². The van der Waals surface area contributed by atoms with Gasteiger partial charge < -0.3 is 9.84 Å². The fourth-order valence-electron chi connectivity index (χ4n) is 0.933. The van der Waals surface area contributed by atoms with E-state index in [9.17, 15) is 4.79 Å². The number of hydrogen-bond acceptors (Lipinski definition) is 3. The van der Waals surface area contributed by atoms with Crippen LogP contribution in [0.2, 0.25) is 0 Å². The first-order valence-electron chi connectivity index (χ1n) is 3.27. The van der Waals surface area contributed by atoms with Gasteiger partial charge >= 0.3 is 6.09 Å². The summed E-state index contributed by atoms with van der Waals surface area (Å²) in [6.07, 6.45) is 4.56. The number of terminal acetylenes is 1. The van der Waals surface area contributed by atoms with Gasteiger partial charge in [-0.15, -0.1) is 6.42 Å². The minimum absolute atomic E-state index is 0.104. The van der Waals surface area contributed by atoms with Gasteiger partial charge in [0.1, 0.15) is 6.61 Å². The molecule has 1 rings (SSSR count). The smallest absolute Gasteiger partial charge is 0.411 e. The third kappa shape index (κ3) is 1.44. The summed E-state index contributed by atoms with van der Waals surface area (Å²) in [6, 6.07) is -0.265. The zero-order chi connectivity index (χ0) is 8.27. The molecule has 0 aromatic carbocycles. The Bertz CT molecular complexity index is 196. The van der Waals surface area contributed by atoms with Gasteiger partial charge in [0.25, 0.3) is 0 Å². The average molecular weight is 155 g/mol. The molecule has 0 aromatic heterocycles. The molecular formula is C7H9NO3. The fourth-order valence-corrected chi connectivity index (χ4v) is 0.933. The van der Waals surface area contributed by atoms with E-state index in [1.54, 1.807) is 0 Å². The minimum atomic E-state index is -0.443. The Kier molecular flexibility index (Phi) is 2.34. The molecule has 0 saturated carbocycles. The van der Waals surface area contributed by atoms with Crippen LogP contribution in [0.5, 0.6) is 0 Å². The highest BCUT2D eigenvalue weighted by Crippen LogP contribution is 2.10. The molecule has 0 bridgehead atoms. The molecule has 0 aliphatic carbocycles. The standard InChI is InChI=1S/C7H9NO3/c1-2-3-8-6(4-9)5-11-7(8)10/h1,6,9H,3-5H2/t6-/m0/s1. The highest BCUT2D eigenvalue weighted by molar-refractivity contribution is 5.70. The number of aliphatic hydroxyl groups is 1. The number of amides is 1. The molecular weight excluding hydrogens is 146 g/mol. The maximum absolute atomic E-state index is 10.8. The van der Waals surface area contributed by atoms with Gasteiger partial charge in [-0.2, -0.15) is 0 Å². The van der Waals surface area contributed by atoms with E-state index >= 15 is 0 Å². The molecule has 1 heterocycles. The van der Waals surface area contributed by atoms with Crippen molar-refractivity contribution in [3.05, 3.63) is 0 Å². The van der Waals surface area contributed by atoms with E-state index in [0.717, 1.165) is 0 Å². The predicted octanol–water partition coefficient (Wildman–Crippen LogP) is -0.567. The lowest BCUT2D eigenvalue weighted by Crippen LogP contribution is -2.36. The highest BCUT2D eigenvalue weighted by atomic mass is 16.6. The lowest BCUT2D eigenvalue weighted by atomic mass is 10.3. The molecule has 0 radical (unpaired) electrons. The van der Waals surface area contributed by atoms with Crippen molar-refractivity contribution in [2.75, 3.05) is 19.8 Å². The van der Waals surface area contributed by atoms with Crippen LogP contribution in [0.3, 0.4) is 0 Å². The van der Waals surface area contributed by atoms with E-state index in [4.69, 9.17) is 11.5 Å². The highest BCUT2D eigenvalue weighted by Gasteiger charge is 2.31. The minimum Gasteiger partial charge on any atom is -0.447 e. The third-order valence-corrected chi connectivity index (χ3v) is 1.55. The van der Waals surface area contributed by atoms with Crippen LogP contribution in [-0.4, -0.2) is 41.9 Å². The summed E-state index contributed by atoms with van der Waals surface area (Å²) >= 11 is 0. The quantitative estimate of drug-likeness (QED) is 0.543. The van der Waals surface area contributed by atoms with Crippen molar-refractivity contribution >= 4 is 6.09 Å². The number of carbonyl (C=O) groups is 1. The molecule has 1 saturated heterocycles. The zero-order valence-electron chi connectivity index (χ0n) is 5.99. The van der Waals surface area contributed by atoms with Crippen LogP contribution in [-0.2, 0) is 4.74 Å². The van der Waals surface area contributed by atoms with Gasteiger partial charge in [-0.3, -0.25) is 4.90 Å². The lowest BCUT2D eigenvalue weighted by Gasteiger charge is -2.15. The molecule has 11 heavy (non-hydrogen) atoms. The number of ether oxygens (including phenoxy) is 1. The second-order valence-electron chi connectivity index (χ2n) is 2.25. The molecule has 1 amide bonds. The van der Waals surface area contributed by atoms with E-state index in [1.165, 1.54) is 4.90 Å². The van der Waals surface area contributed by atoms with E-state index in [1.807, 2.05) is 0 Å². The van der Waals surface area contributed by atoms with Crippen molar-refractivity contribution in [2.45, 2.75) is 6.04 Å². The molecule has 1 atom stereocenters. The molecule has 0 spiro atoms. The fraction of sp³-hybridized carbons (Fsp3) is 0.571. The Hall–Kier alpha value is -1.21. The summed E-state index contributed by atoms with van der Waals surface area (Å²) < 4.78 is 4.65. The SMILES string of the molecule is C#CCN1C(=O)OC[C@@H]1CO. The summed E-state index contributed by atoms with van der Waals surface area (Å²) in [4.78, 5) is 12.2. The van der Waals surface area contributed by atoms with Gasteiger partial charge in [0.05, 0.1) is 19.2 Å². The van der Waals surface area contributed by atoms with Gasteiger partial charge in [0.2, 0.25) is 0 Å². The molecule has 4 heteroatoms. The number of aliphatic hydroxyl groups excluding tert-OH is 1. The summed E-state index contributed by atoms with van der Waals surface area (Å²) in [5.74, 6) is 2.32. The summed E-state index contributed by atoms with van der Waals surface area (Å²) in [7, 11) is 0. The first-order chi connectivity index (χ1) is 5.29. The van der Waals surface area contributed by atoms with E-state index in [2.05, 4.69) is 10.7 Å². The summed E-state index contributed by atoms with van der Waals surface area (Å²) in [5, 5.41) is 8.74. The van der Waals surface area contributed by atoms with Crippen molar-refractivity contribution in [1.29, 1.82) is 0 Å². The number of carbonyl (C=O) groups excluding carboxylic acids is 1. The predicted molar refractivity (Wildman–Crippen MR) is 37.8 cm³/mol. The number of hydrogen-bond donors (Lipinski definition) is 1. The first kappa shape index (κ1) is 7.89. The molecule has 1 aliphatic heterocycles. The third-order valence-electron chi connectivity index (χ3n) is 1.55. The van der Waals surface area contributed by atoms with Crippen molar-refractivity contribution in [1.82, 2.24) is 4.90 Å². The van der Waals surface area contributed by atoms with E-state index < -0.39 is 6.09 Å². The molecule has 1 aliphatic rings. The number of cyclic esters (lactones) is 1. The Balaban J connectivity index is 2.57. The van der Waals surface area contributed by atoms with Crippen molar-refractivity contribution in [3.63, 3.8) is 0 Å². The van der Waals surface area contributed by atoms with Gasteiger partial charge in [-0.25, -0.2) is 4.79 Å². The van der Waals surface area contributed by atoms with Crippen molar-refractivity contribution in [3.8, 4) is 12.3 Å². The molecule has 60 valence electrons. The normalized spacial score (nSPS) is 23.1. The maximum atomic E-state index is 10.8. The topological polar surface area (TPSA) is 49.8 Å².